The number of halogens is 2. The molecule has 0 aromatic rings. The topological polar surface area (TPSA) is 20.3 Å². The van der Waals surface area contributed by atoms with Crippen molar-refractivity contribution in [3.63, 3.8) is 0 Å². The van der Waals surface area contributed by atoms with Gasteiger partial charge in [0.15, 0.2) is 0 Å². The monoisotopic (exact) mass is 161 g/mol. The SMILES string of the molecule is CC(=O)N1CC2C(C1)C2(F)F. The van der Waals surface area contributed by atoms with E-state index in [0.717, 1.165) is 0 Å². The van der Waals surface area contributed by atoms with Gasteiger partial charge in [0.05, 0.1) is 11.8 Å². The first-order valence-electron chi connectivity index (χ1n) is 3.67. The van der Waals surface area contributed by atoms with Gasteiger partial charge in [-0.05, 0) is 0 Å². The number of hydrogen-bond donors (Lipinski definition) is 0. The van der Waals surface area contributed by atoms with E-state index in [1.807, 2.05) is 0 Å². The molecule has 2 atom stereocenters. The Kier molecular flexibility index (Phi) is 1.10. The highest BCUT2D eigenvalue weighted by molar-refractivity contribution is 5.74. The van der Waals surface area contributed by atoms with E-state index in [0.29, 0.717) is 0 Å². The van der Waals surface area contributed by atoms with E-state index < -0.39 is 17.8 Å². The molecule has 2 aliphatic rings. The molecule has 0 aromatic carbocycles. The molecular weight excluding hydrogens is 152 g/mol. The third kappa shape index (κ3) is 0.781. The lowest BCUT2D eigenvalue weighted by molar-refractivity contribution is -0.129. The van der Waals surface area contributed by atoms with Crippen molar-refractivity contribution in [2.45, 2.75) is 12.8 Å². The second kappa shape index (κ2) is 1.73. The fraction of sp³-hybridized carbons (Fsp3) is 0.857. The van der Waals surface area contributed by atoms with Crippen molar-refractivity contribution >= 4 is 5.91 Å². The van der Waals surface area contributed by atoms with Gasteiger partial charge in [-0.25, -0.2) is 8.78 Å². The predicted molar refractivity (Wildman–Crippen MR) is 34.2 cm³/mol. The maximum absolute atomic E-state index is 12.5. The molecule has 1 aliphatic heterocycles. The lowest BCUT2D eigenvalue weighted by atomic mass is 10.4. The Morgan fingerprint density at radius 3 is 2.27 bits per heavy atom. The molecule has 1 amide bonds. The summed E-state index contributed by atoms with van der Waals surface area (Å²) in [6.45, 7) is 1.93. The highest BCUT2D eigenvalue weighted by Crippen LogP contribution is 2.59. The number of fused-ring (bicyclic) bond motifs is 1. The van der Waals surface area contributed by atoms with Gasteiger partial charge in [-0.1, -0.05) is 0 Å². The molecule has 2 nitrogen and oxygen atoms in total. The molecule has 2 unspecified atom stereocenters. The van der Waals surface area contributed by atoms with Crippen LogP contribution in [0.3, 0.4) is 0 Å². The van der Waals surface area contributed by atoms with Gasteiger partial charge < -0.3 is 4.90 Å². The third-order valence-corrected chi connectivity index (χ3v) is 2.64. The van der Waals surface area contributed by atoms with Crippen molar-refractivity contribution in [2.75, 3.05) is 13.1 Å². The van der Waals surface area contributed by atoms with Crippen molar-refractivity contribution < 1.29 is 13.6 Å². The van der Waals surface area contributed by atoms with Crippen molar-refractivity contribution in [1.82, 2.24) is 4.90 Å². The Morgan fingerprint density at radius 1 is 1.45 bits per heavy atom. The molecule has 2 fully saturated rings. The molecule has 0 N–H and O–H groups in total. The number of hydrogen-bond acceptors (Lipinski definition) is 1. The summed E-state index contributed by atoms with van der Waals surface area (Å²) >= 11 is 0. The standard InChI is InChI=1S/C7H9F2NO/c1-4(11)10-2-5-6(3-10)7(5,8)9/h5-6H,2-3H2,1H3. The Bertz CT molecular complexity index is 202. The van der Waals surface area contributed by atoms with Crippen molar-refractivity contribution in [3.05, 3.63) is 0 Å². The van der Waals surface area contributed by atoms with Crippen molar-refractivity contribution in [3.8, 4) is 0 Å². The molecule has 11 heavy (non-hydrogen) atoms. The summed E-state index contributed by atoms with van der Waals surface area (Å²) in [4.78, 5) is 12.2. The first-order valence-corrected chi connectivity index (χ1v) is 3.67. The Balaban J connectivity index is 2.00. The van der Waals surface area contributed by atoms with E-state index in [-0.39, 0.29) is 19.0 Å². The van der Waals surface area contributed by atoms with E-state index in [2.05, 4.69) is 0 Å². The molecule has 62 valence electrons. The van der Waals surface area contributed by atoms with Crippen LogP contribution in [0.2, 0.25) is 0 Å². The summed E-state index contributed by atoms with van der Waals surface area (Å²) in [6.07, 6.45) is 0. The van der Waals surface area contributed by atoms with E-state index in [1.54, 1.807) is 0 Å². The lowest BCUT2D eigenvalue weighted by Gasteiger charge is -2.16. The summed E-state index contributed by atoms with van der Waals surface area (Å²) in [7, 11) is 0. The molecular formula is C7H9F2NO. The maximum atomic E-state index is 12.5. The fourth-order valence-corrected chi connectivity index (χ4v) is 1.76. The molecule has 0 radical (unpaired) electrons. The normalized spacial score (nSPS) is 38.6. The minimum Gasteiger partial charge on any atom is -0.342 e. The quantitative estimate of drug-likeness (QED) is 0.513. The smallest absolute Gasteiger partial charge is 0.258 e. The van der Waals surface area contributed by atoms with Crippen LogP contribution in [0.1, 0.15) is 6.92 Å². The van der Waals surface area contributed by atoms with Crippen LogP contribution in [0.4, 0.5) is 8.78 Å². The van der Waals surface area contributed by atoms with Gasteiger partial charge in [-0.15, -0.1) is 0 Å². The zero-order valence-corrected chi connectivity index (χ0v) is 6.18. The van der Waals surface area contributed by atoms with E-state index in [4.69, 9.17) is 0 Å². The Labute approximate surface area is 63.2 Å². The maximum Gasteiger partial charge on any atom is 0.258 e. The van der Waals surface area contributed by atoms with Crippen LogP contribution in [-0.4, -0.2) is 29.8 Å². The van der Waals surface area contributed by atoms with E-state index in [1.165, 1.54) is 11.8 Å². The molecule has 0 spiro atoms. The van der Waals surface area contributed by atoms with E-state index in [9.17, 15) is 13.6 Å². The van der Waals surface area contributed by atoms with Crippen LogP contribution in [-0.2, 0) is 4.79 Å². The van der Waals surface area contributed by atoms with Gasteiger partial charge in [0.2, 0.25) is 5.91 Å². The number of carbonyl (C=O) groups excluding carboxylic acids is 1. The summed E-state index contributed by atoms with van der Waals surface area (Å²) in [5.41, 5.74) is 0. The number of piperidine rings is 1. The first kappa shape index (κ1) is 7.00. The molecule has 2 rings (SSSR count). The second-order valence-electron chi connectivity index (χ2n) is 3.31. The summed E-state index contributed by atoms with van der Waals surface area (Å²) < 4.78 is 25.1. The van der Waals surface area contributed by atoms with Crippen LogP contribution in [0.25, 0.3) is 0 Å². The highest BCUT2D eigenvalue weighted by atomic mass is 19.3. The lowest BCUT2D eigenvalue weighted by Crippen LogP contribution is -2.31. The Morgan fingerprint density at radius 2 is 1.91 bits per heavy atom. The van der Waals surface area contributed by atoms with Crippen molar-refractivity contribution in [2.24, 2.45) is 11.8 Å². The van der Waals surface area contributed by atoms with Gasteiger partial charge >= 0.3 is 0 Å². The average Bonchev–Trinajstić information content (AvgIpc) is 2.28. The number of rotatable bonds is 0. The molecule has 1 saturated heterocycles. The second-order valence-corrected chi connectivity index (χ2v) is 3.31. The molecule has 1 heterocycles. The third-order valence-electron chi connectivity index (χ3n) is 2.64. The zero-order chi connectivity index (χ0) is 8.22. The minimum absolute atomic E-state index is 0.0898. The highest BCUT2D eigenvalue weighted by Gasteiger charge is 2.71. The number of nitrogens with zero attached hydrogens (tertiary/aromatic N) is 1. The van der Waals surface area contributed by atoms with Crippen LogP contribution in [0, 0.1) is 11.8 Å². The van der Waals surface area contributed by atoms with Gasteiger partial charge in [-0.2, -0.15) is 0 Å². The number of likely N-dealkylation sites (tertiary alicyclic amines) is 1. The molecule has 1 saturated carbocycles. The minimum atomic E-state index is -2.47. The average molecular weight is 161 g/mol. The van der Waals surface area contributed by atoms with Crippen LogP contribution in [0.5, 0.6) is 0 Å². The summed E-state index contributed by atoms with van der Waals surface area (Å²) in [6, 6.07) is 0. The van der Waals surface area contributed by atoms with Gasteiger partial charge in [0.25, 0.3) is 5.92 Å². The van der Waals surface area contributed by atoms with Crippen LogP contribution < -0.4 is 0 Å². The van der Waals surface area contributed by atoms with Crippen LogP contribution >= 0.6 is 0 Å². The first-order chi connectivity index (χ1) is 5.03. The Hall–Kier alpha value is -0.670. The fourth-order valence-electron chi connectivity index (χ4n) is 1.76. The zero-order valence-electron chi connectivity index (χ0n) is 6.18. The molecule has 0 aromatic heterocycles. The summed E-state index contributed by atoms with van der Waals surface area (Å²) in [5, 5.41) is 0. The number of alkyl halides is 2. The number of carbonyl (C=O) groups is 1. The van der Waals surface area contributed by atoms with Gasteiger partial charge in [0.1, 0.15) is 0 Å². The predicted octanol–water partition coefficient (Wildman–Crippen LogP) is 0.730. The molecule has 0 bridgehead atoms. The van der Waals surface area contributed by atoms with Crippen molar-refractivity contribution in [1.29, 1.82) is 0 Å². The molecule has 4 heteroatoms. The van der Waals surface area contributed by atoms with Crippen LogP contribution in [0.15, 0.2) is 0 Å². The molecule has 1 aliphatic carbocycles. The van der Waals surface area contributed by atoms with E-state index >= 15 is 0 Å². The largest absolute Gasteiger partial charge is 0.342 e. The summed E-state index contributed by atoms with van der Waals surface area (Å²) in [5.74, 6) is -3.63. The number of amides is 1. The van der Waals surface area contributed by atoms with Gasteiger partial charge in [0, 0.05) is 20.0 Å². The van der Waals surface area contributed by atoms with Gasteiger partial charge in [-0.3, -0.25) is 4.79 Å².